The topological polar surface area (TPSA) is 89.0 Å². The van der Waals surface area contributed by atoms with E-state index in [0.717, 1.165) is 15.9 Å². The maximum Gasteiger partial charge on any atom is 0.302 e. The molecule has 0 amide bonds. The third-order valence-electron chi connectivity index (χ3n) is 3.40. The summed E-state index contributed by atoms with van der Waals surface area (Å²) >= 11 is 7.26. The Morgan fingerprint density at radius 2 is 2.04 bits per heavy atom. The summed E-state index contributed by atoms with van der Waals surface area (Å²) in [5.74, 6) is 0. The van der Waals surface area contributed by atoms with Crippen LogP contribution in [0.2, 0.25) is 5.15 Å². The van der Waals surface area contributed by atoms with Crippen LogP contribution in [0.3, 0.4) is 0 Å². The first-order valence-electron chi connectivity index (χ1n) is 6.67. The van der Waals surface area contributed by atoms with E-state index in [4.69, 9.17) is 11.6 Å². The van der Waals surface area contributed by atoms with Gasteiger partial charge in [-0.25, -0.2) is 9.71 Å². The molecule has 0 spiro atoms. The quantitative estimate of drug-likeness (QED) is 0.541. The third-order valence-corrected chi connectivity index (χ3v) is 5.86. The smallest absolute Gasteiger partial charge is 0.302 e. The van der Waals surface area contributed by atoms with Gasteiger partial charge in [0.15, 0.2) is 10.1 Å². The van der Waals surface area contributed by atoms with Crippen molar-refractivity contribution in [1.82, 2.24) is 14.1 Å². The Labute approximate surface area is 145 Å². The zero-order valence-electron chi connectivity index (χ0n) is 11.9. The third kappa shape index (κ3) is 2.46. The van der Waals surface area contributed by atoms with Crippen molar-refractivity contribution in [3.63, 3.8) is 0 Å². The predicted molar refractivity (Wildman–Crippen MR) is 89.1 cm³/mol. The number of nitrogens with zero attached hydrogens (tertiary/aromatic N) is 4. The lowest BCUT2D eigenvalue weighted by Gasteiger charge is -2.06. The van der Waals surface area contributed by atoms with E-state index < -0.39 is 10.0 Å². The standard InChI is InChI=1S/C14H9ClN4O3S2/c15-12-13(19-5-6-23-14(19)16-12)24(21,22)17-11-2-1-10-8-18(20)4-3-9(10)7-11/h1-8,20H. The SMILES string of the molecule is O=S(=O)(N=c1ccc2cn(O)ccc-2c1)c1c(Cl)nc2sccn12. The molecule has 7 nitrogen and oxygen atoms in total. The van der Waals surface area contributed by atoms with Gasteiger partial charge in [-0.1, -0.05) is 17.7 Å². The molecule has 0 radical (unpaired) electrons. The van der Waals surface area contributed by atoms with Gasteiger partial charge in [0.2, 0.25) is 5.03 Å². The molecule has 2 aliphatic rings. The number of hydrogen-bond acceptors (Lipinski definition) is 5. The number of sulfonamides is 1. The highest BCUT2D eigenvalue weighted by Gasteiger charge is 2.24. The summed E-state index contributed by atoms with van der Waals surface area (Å²) in [6.07, 6.45) is 4.54. The normalized spacial score (nSPS) is 13.1. The fourth-order valence-electron chi connectivity index (χ4n) is 2.37. The average Bonchev–Trinajstić information content (AvgIpc) is 3.06. The van der Waals surface area contributed by atoms with E-state index in [0.29, 0.717) is 4.96 Å². The Bertz CT molecular complexity index is 1210. The molecular formula is C14H9ClN4O3S2. The molecule has 0 atom stereocenters. The summed E-state index contributed by atoms with van der Waals surface area (Å²) < 4.78 is 31.5. The van der Waals surface area contributed by atoms with E-state index in [9.17, 15) is 13.6 Å². The number of benzene rings is 1. The van der Waals surface area contributed by atoms with Crippen LogP contribution in [0.4, 0.5) is 0 Å². The van der Waals surface area contributed by atoms with Gasteiger partial charge >= 0.3 is 10.0 Å². The Morgan fingerprint density at radius 3 is 2.88 bits per heavy atom. The van der Waals surface area contributed by atoms with Gasteiger partial charge in [-0.15, -0.1) is 11.3 Å². The molecule has 1 N–H and O–H groups in total. The molecule has 122 valence electrons. The van der Waals surface area contributed by atoms with E-state index in [2.05, 4.69) is 9.38 Å². The summed E-state index contributed by atoms with van der Waals surface area (Å²) in [7, 11) is -4.03. The summed E-state index contributed by atoms with van der Waals surface area (Å²) in [5, 5.41) is 11.1. The highest BCUT2D eigenvalue weighted by Crippen LogP contribution is 2.26. The molecule has 0 saturated carbocycles. The summed E-state index contributed by atoms with van der Waals surface area (Å²) in [5.41, 5.74) is 1.50. The van der Waals surface area contributed by atoms with Gasteiger partial charge in [-0.2, -0.15) is 12.8 Å². The summed E-state index contributed by atoms with van der Waals surface area (Å²) in [6.45, 7) is 0. The van der Waals surface area contributed by atoms with E-state index in [1.807, 2.05) is 0 Å². The fourth-order valence-corrected chi connectivity index (χ4v) is 4.79. The van der Waals surface area contributed by atoms with Crippen molar-refractivity contribution in [3.05, 3.63) is 58.7 Å². The molecular weight excluding hydrogens is 372 g/mol. The molecule has 24 heavy (non-hydrogen) atoms. The van der Waals surface area contributed by atoms with Crippen LogP contribution in [0.25, 0.3) is 16.1 Å². The van der Waals surface area contributed by atoms with Gasteiger partial charge in [0, 0.05) is 23.3 Å². The van der Waals surface area contributed by atoms with Gasteiger partial charge in [0.05, 0.1) is 11.6 Å². The Balaban J connectivity index is 1.91. The monoisotopic (exact) mass is 380 g/mol. The maximum absolute atomic E-state index is 12.6. The number of rotatable bonds is 2. The van der Waals surface area contributed by atoms with E-state index in [1.54, 1.807) is 35.8 Å². The van der Waals surface area contributed by atoms with Crippen molar-refractivity contribution in [3.8, 4) is 11.1 Å². The highest BCUT2D eigenvalue weighted by molar-refractivity contribution is 7.90. The maximum atomic E-state index is 12.6. The van der Waals surface area contributed by atoms with Gasteiger partial charge < -0.3 is 5.21 Å². The second kappa shape index (κ2) is 5.33. The van der Waals surface area contributed by atoms with Crippen LogP contribution >= 0.6 is 22.9 Å². The van der Waals surface area contributed by atoms with E-state index in [-0.39, 0.29) is 15.5 Å². The zero-order valence-corrected chi connectivity index (χ0v) is 14.3. The zero-order chi connectivity index (χ0) is 16.9. The lowest BCUT2D eigenvalue weighted by atomic mass is 10.1. The fraction of sp³-hybridized carbons (Fsp3) is 0. The molecule has 1 aliphatic carbocycles. The van der Waals surface area contributed by atoms with Crippen LogP contribution in [-0.2, 0) is 10.0 Å². The first-order chi connectivity index (χ1) is 11.4. The molecule has 0 saturated heterocycles. The number of fused-ring (bicyclic) bond motifs is 2. The van der Waals surface area contributed by atoms with Gasteiger partial charge in [0.1, 0.15) is 0 Å². The molecule has 3 heterocycles. The van der Waals surface area contributed by atoms with Crippen molar-refractivity contribution >= 4 is 37.9 Å². The summed E-state index contributed by atoms with van der Waals surface area (Å²) in [4.78, 5) is 4.50. The van der Waals surface area contributed by atoms with Crippen molar-refractivity contribution in [2.24, 2.45) is 4.40 Å². The highest BCUT2D eigenvalue weighted by atomic mass is 35.5. The molecule has 0 bridgehead atoms. The van der Waals surface area contributed by atoms with Crippen LogP contribution in [-0.4, -0.2) is 27.7 Å². The largest absolute Gasteiger partial charge is 0.429 e. The van der Waals surface area contributed by atoms with Crippen LogP contribution < -0.4 is 5.36 Å². The van der Waals surface area contributed by atoms with Gasteiger partial charge in [0.25, 0.3) is 0 Å². The lowest BCUT2D eigenvalue weighted by Crippen LogP contribution is -2.10. The van der Waals surface area contributed by atoms with Crippen molar-refractivity contribution in [2.45, 2.75) is 5.03 Å². The number of hydrogen-bond donors (Lipinski definition) is 1. The van der Waals surface area contributed by atoms with Crippen LogP contribution in [0, 0.1) is 0 Å². The first-order valence-corrected chi connectivity index (χ1v) is 9.37. The Kier molecular flexibility index (Phi) is 3.37. The number of thiazole rings is 1. The number of halogens is 1. The summed E-state index contributed by atoms with van der Waals surface area (Å²) in [6, 6.07) is 6.50. The van der Waals surface area contributed by atoms with Crippen LogP contribution in [0.15, 0.2) is 57.7 Å². The minimum Gasteiger partial charge on any atom is -0.429 e. The number of imidazole rings is 1. The van der Waals surface area contributed by atoms with Crippen molar-refractivity contribution in [1.29, 1.82) is 0 Å². The molecule has 0 unspecified atom stereocenters. The van der Waals surface area contributed by atoms with E-state index >= 15 is 0 Å². The number of pyridine rings is 1. The molecule has 2 aromatic rings. The average molecular weight is 381 g/mol. The van der Waals surface area contributed by atoms with Crippen LogP contribution in [0.1, 0.15) is 0 Å². The molecule has 0 aromatic carbocycles. The van der Waals surface area contributed by atoms with Gasteiger partial charge in [-0.05, 0) is 23.8 Å². The molecule has 2 aromatic heterocycles. The number of aromatic nitrogens is 3. The molecule has 0 fully saturated rings. The molecule has 10 heteroatoms. The Morgan fingerprint density at radius 1 is 1.21 bits per heavy atom. The second-order valence-corrected chi connectivity index (χ2v) is 7.72. The molecule has 4 rings (SSSR count). The van der Waals surface area contributed by atoms with Crippen molar-refractivity contribution in [2.75, 3.05) is 0 Å². The van der Waals surface area contributed by atoms with Gasteiger partial charge in [-0.3, -0.25) is 4.40 Å². The van der Waals surface area contributed by atoms with E-state index in [1.165, 1.54) is 28.1 Å². The lowest BCUT2D eigenvalue weighted by molar-refractivity contribution is 0.185. The Hall–Kier alpha value is -2.36. The minimum absolute atomic E-state index is 0.104. The van der Waals surface area contributed by atoms with Crippen molar-refractivity contribution < 1.29 is 13.6 Å². The minimum atomic E-state index is -4.03. The first kappa shape index (κ1) is 15.2. The molecule has 1 aliphatic heterocycles. The second-order valence-electron chi connectivity index (χ2n) is 4.97. The predicted octanol–water partition coefficient (Wildman–Crippen LogP) is 2.48. The van der Waals surface area contributed by atoms with Crippen LogP contribution in [0.5, 0.6) is 0 Å².